The molecular formula is C14H27N5. The van der Waals surface area contributed by atoms with Crippen molar-refractivity contribution < 1.29 is 0 Å². The highest BCUT2D eigenvalue weighted by Gasteiger charge is 2.08. The lowest BCUT2D eigenvalue weighted by molar-refractivity contribution is 0.411. The van der Waals surface area contributed by atoms with Crippen molar-refractivity contribution in [3.8, 4) is 0 Å². The first kappa shape index (κ1) is 15.9. The van der Waals surface area contributed by atoms with Crippen LogP contribution in [0, 0.1) is 0 Å². The highest BCUT2D eigenvalue weighted by Crippen LogP contribution is 2.07. The SMILES string of the molecule is CCCN(CCN(C)C)c1ncc(CNCC)cn1. The number of hydrogen-bond donors (Lipinski definition) is 1. The van der Waals surface area contributed by atoms with Crippen molar-refractivity contribution in [2.24, 2.45) is 0 Å². The predicted molar refractivity (Wildman–Crippen MR) is 80.5 cm³/mol. The van der Waals surface area contributed by atoms with E-state index in [2.05, 4.69) is 53.0 Å². The molecule has 0 fully saturated rings. The van der Waals surface area contributed by atoms with Crippen LogP contribution in [0.15, 0.2) is 12.4 Å². The van der Waals surface area contributed by atoms with Crippen molar-refractivity contribution in [3.63, 3.8) is 0 Å². The van der Waals surface area contributed by atoms with Gasteiger partial charge in [-0.1, -0.05) is 13.8 Å². The van der Waals surface area contributed by atoms with E-state index >= 15 is 0 Å². The van der Waals surface area contributed by atoms with Crippen molar-refractivity contribution >= 4 is 5.95 Å². The first-order valence-electron chi connectivity index (χ1n) is 7.08. The van der Waals surface area contributed by atoms with Crippen molar-refractivity contribution in [1.82, 2.24) is 20.2 Å². The second kappa shape index (κ2) is 8.82. The van der Waals surface area contributed by atoms with Gasteiger partial charge in [0.05, 0.1) is 0 Å². The van der Waals surface area contributed by atoms with E-state index in [1.807, 2.05) is 12.4 Å². The summed E-state index contributed by atoms with van der Waals surface area (Å²) in [4.78, 5) is 13.4. The summed E-state index contributed by atoms with van der Waals surface area (Å²) in [5.41, 5.74) is 1.13. The van der Waals surface area contributed by atoms with E-state index in [1.54, 1.807) is 0 Å². The summed E-state index contributed by atoms with van der Waals surface area (Å²) in [5, 5.41) is 3.28. The molecule has 1 heterocycles. The van der Waals surface area contributed by atoms with E-state index in [4.69, 9.17) is 0 Å². The summed E-state index contributed by atoms with van der Waals surface area (Å²) in [5.74, 6) is 0.837. The Morgan fingerprint density at radius 3 is 2.26 bits per heavy atom. The molecule has 1 rings (SSSR count). The van der Waals surface area contributed by atoms with Crippen molar-refractivity contribution in [2.45, 2.75) is 26.8 Å². The van der Waals surface area contributed by atoms with E-state index in [0.717, 1.165) is 50.7 Å². The molecule has 0 saturated heterocycles. The van der Waals surface area contributed by atoms with Gasteiger partial charge in [-0.3, -0.25) is 0 Å². The smallest absolute Gasteiger partial charge is 0.225 e. The molecule has 1 aromatic rings. The van der Waals surface area contributed by atoms with E-state index in [-0.39, 0.29) is 0 Å². The van der Waals surface area contributed by atoms with Gasteiger partial charge in [0.25, 0.3) is 0 Å². The molecule has 5 heteroatoms. The zero-order valence-electron chi connectivity index (χ0n) is 12.7. The minimum absolute atomic E-state index is 0.836. The van der Waals surface area contributed by atoms with Gasteiger partial charge in [-0.05, 0) is 27.1 Å². The number of aromatic nitrogens is 2. The summed E-state index contributed by atoms with van der Waals surface area (Å²) in [6.07, 6.45) is 4.95. The molecular weight excluding hydrogens is 238 g/mol. The van der Waals surface area contributed by atoms with Crippen LogP contribution >= 0.6 is 0 Å². The maximum absolute atomic E-state index is 4.48. The van der Waals surface area contributed by atoms with Gasteiger partial charge in [0, 0.05) is 44.1 Å². The van der Waals surface area contributed by atoms with Gasteiger partial charge in [-0.25, -0.2) is 9.97 Å². The van der Waals surface area contributed by atoms with Crippen LogP contribution in [-0.2, 0) is 6.54 Å². The molecule has 19 heavy (non-hydrogen) atoms. The predicted octanol–water partition coefficient (Wildman–Crippen LogP) is 1.36. The second-order valence-electron chi connectivity index (χ2n) is 4.96. The largest absolute Gasteiger partial charge is 0.340 e. The van der Waals surface area contributed by atoms with E-state index in [9.17, 15) is 0 Å². The first-order valence-corrected chi connectivity index (χ1v) is 7.08. The lowest BCUT2D eigenvalue weighted by Crippen LogP contribution is -2.33. The third-order valence-corrected chi connectivity index (χ3v) is 2.86. The van der Waals surface area contributed by atoms with Gasteiger partial charge in [-0.2, -0.15) is 0 Å². The number of nitrogens with one attached hydrogen (secondary N) is 1. The van der Waals surface area contributed by atoms with Crippen LogP contribution in [-0.4, -0.2) is 55.1 Å². The molecule has 0 aliphatic carbocycles. The molecule has 0 atom stereocenters. The molecule has 0 spiro atoms. The zero-order chi connectivity index (χ0) is 14.1. The van der Waals surface area contributed by atoms with E-state index < -0.39 is 0 Å². The third kappa shape index (κ3) is 5.98. The fourth-order valence-corrected chi connectivity index (χ4v) is 1.77. The molecule has 0 aliphatic rings. The van der Waals surface area contributed by atoms with Crippen LogP contribution in [0.5, 0.6) is 0 Å². The average Bonchev–Trinajstić information content (AvgIpc) is 2.41. The molecule has 1 N–H and O–H groups in total. The minimum atomic E-state index is 0.836. The number of hydrogen-bond acceptors (Lipinski definition) is 5. The summed E-state index contributed by atoms with van der Waals surface area (Å²) in [6, 6.07) is 0. The Labute approximate surface area is 117 Å². The lowest BCUT2D eigenvalue weighted by Gasteiger charge is -2.23. The van der Waals surface area contributed by atoms with Crippen LogP contribution in [0.3, 0.4) is 0 Å². The van der Waals surface area contributed by atoms with Gasteiger partial charge >= 0.3 is 0 Å². The molecule has 0 saturated carbocycles. The van der Waals surface area contributed by atoms with Gasteiger partial charge in [0.15, 0.2) is 0 Å². The summed E-state index contributed by atoms with van der Waals surface area (Å²) in [6.45, 7) is 9.06. The maximum atomic E-state index is 4.48. The molecule has 0 radical (unpaired) electrons. The maximum Gasteiger partial charge on any atom is 0.225 e. The van der Waals surface area contributed by atoms with Crippen LogP contribution in [0.25, 0.3) is 0 Å². The fourth-order valence-electron chi connectivity index (χ4n) is 1.77. The molecule has 0 aromatic carbocycles. The molecule has 108 valence electrons. The van der Waals surface area contributed by atoms with Crippen LogP contribution in [0.2, 0.25) is 0 Å². The third-order valence-electron chi connectivity index (χ3n) is 2.86. The zero-order valence-corrected chi connectivity index (χ0v) is 12.7. The van der Waals surface area contributed by atoms with Crippen LogP contribution < -0.4 is 10.2 Å². The Bertz CT molecular complexity index is 336. The Morgan fingerprint density at radius 2 is 1.74 bits per heavy atom. The van der Waals surface area contributed by atoms with Crippen LogP contribution in [0.1, 0.15) is 25.8 Å². The molecule has 1 aromatic heterocycles. The van der Waals surface area contributed by atoms with Crippen molar-refractivity contribution in [2.75, 3.05) is 45.2 Å². The number of rotatable bonds is 9. The summed E-state index contributed by atoms with van der Waals surface area (Å²) in [7, 11) is 4.18. The fraction of sp³-hybridized carbons (Fsp3) is 0.714. The van der Waals surface area contributed by atoms with Crippen LogP contribution in [0.4, 0.5) is 5.95 Å². The van der Waals surface area contributed by atoms with Crippen molar-refractivity contribution in [1.29, 1.82) is 0 Å². The van der Waals surface area contributed by atoms with E-state index in [1.165, 1.54) is 0 Å². The van der Waals surface area contributed by atoms with Gasteiger partial charge in [0.2, 0.25) is 5.95 Å². The molecule has 5 nitrogen and oxygen atoms in total. The average molecular weight is 265 g/mol. The highest BCUT2D eigenvalue weighted by molar-refractivity contribution is 5.29. The Kier molecular flexibility index (Phi) is 7.36. The van der Waals surface area contributed by atoms with Crippen molar-refractivity contribution in [3.05, 3.63) is 18.0 Å². The molecule has 0 unspecified atom stereocenters. The number of nitrogens with zero attached hydrogens (tertiary/aromatic N) is 4. The standard InChI is InChI=1S/C14H27N5/c1-5-7-19(9-8-18(3)4)14-16-11-13(12-17-14)10-15-6-2/h11-12,15H,5-10H2,1-4H3. The summed E-state index contributed by atoms with van der Waals surface area (Å²) < 4.78 is 0. The molecule has 0 bridgehead atoms. The van der Waals surface area contributed by atoms with Gasteiger partial charge in [-0.15, -0.1) is 0 Å². The molecule has 0 aliphatic heterocycles. The minimum Gasteiger partial charge on any atom is -0.340 e. The Hall–Kier alpha value is -1.20. The second-order valence-corrected chi connectivity index (χ2v) is 4.96. The Morgan fingerprint density at radius 1 is 1.05 bits per heavy atom. The first-order chi connectivity index (χ1) is 9.17. The van der Waals surface area contributed by atoms with Gasteiger partial charge < -0.3 is 15.1 Å². The van der Waals surface area contributed by atoms with Gasteiger partial charge in [0.1, 0.15) is 0 Å². The quantitative estimate of drug-likeness (QED) is 0.730. The highest BCUT2D eigenvalue weighted by atomic mass is 15.3. The topological polar surface area (TPSA) is 44.3 Å². The monoisotopic (exact) mass is 265 g/mol. The van der Waals surface area contributed by atoms with E-state index in [0.29, 0.717) is 0 Å². The molecule has 0 amide bonds. The lowest BCUT2D eigenvalue weighted by atomic mass is 10.3. The normalized spacial score (nSPS) is 11.0. The summed E-state index contributed by atoms with van der Waals surface area (Å²) >= 11 is 0. The number of likely N-dealkylation sites (N-methyl/N-ethyl adjacent to an activating group) is 1. The Balaban J connectivity index is 2.62. The number of anilines is 1.